The van der Waals surface area contributed by atoms with Crippen LogP contribution >= 0.6 is 0 Å². The maximum Gasteiger partial charge on any atom is 0.258 e. The number of sulfone groups is 1. The molecule has 23 heavy (non-hydrogen) atoms. The summed E-state index contributed by atoms with van der Waals surface area (Å²) >= 11 is 0. The van der Waals surface area contributed by atoms with E-state index in [1.807, 2.05) is 0 Å². The molecule has 9 nitrogen and oxygen atoms in total. The molecule has 0 fully saturated rings. The van der Waals surface area contributed by atoms with Gasteiger partial charge in [-0.15, -0.1) is 5.10 Å². The summed E-state index contributed by atoms with van der Waals surface area (Å²) < 4.78 is 42.7. The Hall–Kier alpha value is -2.82. The summed E-state index contributed by atoms with van der Waals surface area (Å²) in [6.45, 7) is 0. The minimum Gasteiger partial charge on any atom is -0.494 e. The van der Waals surface area contributed by atoms with Gasteiger partial charge in [-0.1, -0.05) is 0 Å². The minimum atomic E-state index is -3.65. The number of rotatable bonds is 3. The van der Waals surface area contributed by atoms with Gasteiger partial charge in [0.2, 0.25) is 15.8 Å². The molecule has 1 aromatic carbocycles. The first-order valence-electron chi connectivity index (χ1n) is 6.24. The zero-order valence-corrected chi connectivity index (χ0v) is 12.9. The average Bonchev–Trinajstić information content (AvgIpc) is 2.91. The molecule has 0 unspecified atom stereocenters. The number of halogens is 1. The lowest BCUT2D eigenvalue weighted by Crippen LogP contribution is -2.11. The molecule has 0 saturated carbocycles. The van der Waals surface area contributed by atoms with E-state index in [-0.39, 0.29) is 23.3 Å². The van der Waals surface area contributed by atoms with Crippen molar-refractivity contribution in [3.8, 4) is 17.1 Å². The maximum absolute atomic E-state index is 13.8. The molecule has 2 aromatic heterocycles. The second-order valence-electron chi connectivity index (χ2n) is 4.63. The van der Waals surface area contributed by atoms with Crippen molar-refractivity contribution < 1.29 is 17.5 Å². The Morgan fingerprint density at radius 2 is 2.00 bits per heavy atom. The summed E-state index contributed by atoms with van der Waals surface area (Å²) in [6.07, 6.45) is 0.953. The Kier molecular flexibility index (Phi) is 3.36. The monoisotopic (exact) mass is 338 g/mol. The van der Waals surface area contributed by atoms with E-state index in [0.29, 0.717) is 5.56 Å². The highest BCUT2D eigenvalue weighted by atomic mass is 32.2. The first-order chi connectivity index (χ1) is 10.8. The number of hydrogen-bond donors (Lipinski definition) is 1. The van der Waals surface area contributed by atoms with Gasteiger partial charge >= 0.3 is 0 Å². The normalized spacial score (nSPS) is 11.8. The van der Waals surface area contributed by atoms with Gasteiger partial charge in [0.25, 0.3) is 10.9 Å². The lowest BCUT2D eigenvalue weighted by atomic mass is 10.2. The fourth-order valence-electron chi connectivity index (χ4n) is 1.88. The van der Waals surface area contributed by atoms with Crippen molar-refractivity contribution in [2.45, 2.75) is 5.16 Å². The molecule has 11 heteroatoms. The molecular weight excluding hydrogens is 327 g/mol. The van der Waals surface area contributed by atoms with Crippen molar-refractivity contribution in [3.63, 3.8) is 0 Å². The summed E-state index contributed by atoms with van der Waals surface area (Å²) in [7, 11) is -2.30. The average molecular weight is 338 g/mol. The lowest BCUT2D eigenvalue weighted by Gasteiger charge is -2.02. The fourth-order valence-corrected chi connectivity index (χ4v) is 2.39. The number of benzene rings is 1. The molecule has 0 atom stereocenters. The van der Waals surface area contributed by atoms with E-state index in [1.54, 1.807) is 6.07 Å². The quantitative estimate of drug-likeness (QED) is 0.723. The number of anilines is 1. The molecule has 0 aliphatic carbocycles. The summed E-state index contributed by atoms with van der Waals surface area (Å²) in [5.41, 5.74) is 6.03. The number of fused-ring (bicyclic) bond motifs is 1. The van der Waals surface area contributed by atoms with Crippen LogP contribution in [0.15, 0.2) is 23.4 Å². The Morgan fingerprint density at radius 1 is 1.26 bits per heavy atom. The van der Waals surface area contributed by atoms with Crippen LogP contribution in [0.1, 0.15) is 0 Å². The number of aromatic nitrogens is 5. The van der Waals surface area contributed by atoms with Crippen LogP contribution < -0.4 is 10.5 Å². The Labute approximate surface area is 129 Å². The molecule has 0 spiro atoms. The van der Waals surface area contributed by atoms with Crippen LogP contribution in [-0.4, -0.2) is 46.3 Å². The molecule has 0 amide bonds. The van der Waals surface area contributed by atoms with Crippen LogP contribution in [-0.2, 0) is 9.84 Å². The molecule has 2 heterocycles. The zero-order valence-electron chi connectivity index (χ0n) is 12.1. The number of hydrogen-bond acceptors (Lipinski definition) is 8. The van der Waals surface area contributed by atoms with Gasteiger partial charge in [0.05, 0.1) is 7.11 Å². The maximum atomic E-state index is 13.8. The van der Waals surface area contributed by atoms with E-state index >= 15 is 0 Å². The smallest absolute Gasteiger partial charge is 0.258 e. The molecule has 0 radical (unpaired) electrons. The van der Waals surface area contributed by atoms with Crippen molar-refractivity contribution in [1.29, 1.82) is 0 Å². The van der Waals surface area contributed by atoms with Crippen LogP contribution in [0.3, 0.4) is 0 Å². The van der Waals surface area contributed by atoms with Crippen molar-refractivity contribution in [1.82, 2.24) is 24.6 Å². The van der Waals surface area contributed by atoms with Crippen molar-refractivity contribution >= 4 is 21.6 Å². The van der Waals surface area contributed by atoms with Gasteiger partial charge in [0.15, 0.2) is 17.4 Å². The summed E-state index contributed by atoms with van der Waals surface area (Å²) in [6, 6.07) is 4.17. The third-order valence-corrected chi connectivity index (χ3v) is 3.80. The number of ether oxygens (including phenoxy) is 1. The second kappa shape index (κ2) is 5.12. The van der Waals surface area contributed by atoms with E-state index in [1.165, 1.54) is 19.2 Å². The predicted octanol–water partition coefficient (Wildman–Crippen LogP) is 0.320. The largest absolute Gasteiger partial charge is 0.494 e. The Balaban J connectivity index is 2.17. The number of nitrogens with two attached hydrogens (primary N) is 1. The highest BCUT2D eigenvalue weighted by Crippen LogP contribution is 2.24. The van der Waals surface area contributed by atoms with Crippen LogP contribution in [0.2, 0.25) is 0 Å². The van der Waals surface area contributed by atoms with Crippen LogP contribution in [0.5, 0.6) is 5.75 Å². The highest BCUT2D eigenvalue weighted by Gasteiger charge is 2.18. The summed E-state index contributed by atoms with van der Waals surface area (Å²) in [5, 5.41) is 3.60. The Bertz CT molecular complexity index is 1020. The molecule has 2 N–H and O–H groups in total. The van der Waals surface area contributed by atoms with Gasteiger partial charge in [0.1, 0.15) is 0 Å². The van der Waals surface area contributed by atoms with E-state index in [9.17, 15) is 12.8 Å². The third kappa shape index (κ3) is 2.65. The molecule has 0 bridgehead atoms. The zero-order chi connectivity index (χ0) is 16.8. The van der Waals surface area contributed by atoms with Crippen molar-refractivity contribution in [2.24, 2.45) is 0 Å². The van der Waals surface area contributed by atoms with Gasteiger partial charge in [-0.05, 0) is 18.2 Å². The number of methoxy groups -OCH3 is 1. The molecule has 0 saturated heterocycles. The molecular formula is C12H11FN6O3S. The van der Waals surface area contributed by atoms with Crippen LogP contribution in [0.25, 0.3) is 17.2 Å². The molecule has 0 aliphatic rings. The van der Waals surface area contributed by atoms with Gasteiger partial charge in [0, 0.05) is 11.8 Å². The lowest BCUT2D eigenvalue weighted by molar-refractivity contribution is 0.386. The van der Waals surface area contributed by atoms with Crippen molar-refractivity contribution in [3.05, 3.63) is 24.0 Å². The minimum absolute atomic E-state index is 0.0517. The molecule has 3 rings (SSSR count). The van der Waals surface area contributed by atoms with E-state index in [4.69, 9.17) is 10.5 Å². The standard InChI is InChI=1S/C12H11FN6O3S/c1-22-8-4-3-6(5-7(8)13)9-15-11-17-12(23(2,20)21)16-10(14)19(11)18-9/h3-5H,1-2H3,(H2,14,15,16,17,18). The van der Waals surface area contributed by atoms with Crippen LogP contribution in [0, 0.1) is 5.82 Å². The van der Waals surface area contributed by atoms with E-state index < -0.39 is 20.8 Å². The molecule has 120 valence electrons. The van der Waals surface area contributed by atoms with Gasteiger partial charge < -0.3 is 10.5 Å². The third-order valence-electron chi connectivity index (χ3n) is 2.95. The van der Waals surface area contributed by atoms with Gasteiger partial charge in [-0.3, -0.25) is 0 Å². The van der Waals surface area contributed by atoms with E-state index in [2.05, 4.69) is 20.1 Å². The summed E-state index contributed by atoms with van der Waals surface area (Å²) in [4.78, 5) is 11.5. The predicted molar refractivity (Wildman–Crippen MR) is 78.0 cm³/mol. The fraction of sp³-hybridized carbons (Fsp3) is 0.167. The molecule has 0 aliphatic heterocycles. The topological polar surface area (TPSA) is 125 Å². The first-order valence-corrected chi connectivity index (χ1v) is 8.13. The number of nitrogen functional groups attached to an aromatic ring is 1. The first kappa shape index (κ1) is 15.1. The number of nitrogens with zero attached hydrogens (tertiary/aromatic N) is 5. The Morgan fingerprint density at radius 3 is 2.61 bits per heavy atom. The summed E-state index contributed by atoms with van der Waals surface area (Å²) in [5.74, 6) is -0.624. The molecule has 3 aromatic rings. The SMILES string of the molecule is COc1ccc(-c2nc3nc(S(C)(=O)=O)nc(N)n3n2)cc1F. The van der Waals surface area contributed by atoms with Crippen molar-refractivity contribution in [2.75, 3.05) is 19.1 Å². The van der Waals surface area contributed by atoms with Gasteiger partial charge in [-0.2, -0.15) is 19.5 Å². The second-order valence-corrected chi connectivity index (χ2v) is 6.54. The van der Waals surface area contributed by atoms with E-state index in [0.717, 1.165) is 10.8 Å². The highest BCUT2D eigenvalue weighted by molar-refractivity contribution is 7.90. The van der Waals surface area contributed by atoms with Crippen LogP contribution in [0.4, 0.5) is 10.3 Å². The van der Waals surface area contributed by atoms with Gasteiger partial charge in [-0.25, -0.2) is 12.8 Å².